The molecule has 2 aromatic carbocycles. The van der Waals surface area contributed by atoms with Gasteiger partial charge < -0.3 is 25.0 Å². The van der Waals surface area contributed by atoms with Gasteiger partial charge in [0.2, 0.25) is 11.6 Å². The maximum Gasteiger partial charge on any atom is 0.258 e. The Morgan fingerprint density at radius 1 is 0.735 bits per heavy atom. The molecule has 2 heterocycles. The highest BCUT2D eigenvalue weighted by Gasteiger charge is 2.22. The maximum absolute atomic E-state index is 9.96. The third-order valence-corrected chi connectivity index (χ3v) is 5.51. The topological polar surface area (TPSA) is 144 Å². The number of benzene rings is 2. The van der Waals surface area contributed by atoms with Crippen LogP contribution in [-0.2, 0) is 0 Å². The van der Waals surface area contributed by atoms with E-state index in [9.17, 15) is 10.2 Å². The van der Waals surface area contributed by atoms with Crippen LogP contribution in [0, 0.1) is 5.92 Å². The highest BCUT2D eigenvalue weighted by molar-refractivity contribution is 5.52. The summed E-state index contributed by atoms with van der Waals surface area (Å²) in [5.41, 5.74) is 7.41. The summed E-state index contributed by atoms with van der Waals surface area (Å²) >= 11 is 0. The standard InChI is InChI=1S/C13H16N2O2.C12H15N3O2/c1-3-9(2)11(16)12-14-13(17-15-12)10-7-5-4-6-8-10;1-2-9(13)10(16)11-14-12(17-15-11)8-6-4-3-5-7-8/h4-9,11,16H,3H2,1-2H3;3-7,9-10,16H,2,13H2,1H3/t9-,11?;9-,10?/m00/s1. The Balaban J connectivity index is 0.000000191. The molecular formula is C25H31N5O4. The zero-order valence-electron chi connectivity index (χ0n) is 19.6. The molecule has 180 valence electrons. The summed E-state index contributed by atoms with van der Waals surface area (Å²) in [6.07, 6.45) is -0.0327. The summed E-state index contributed by atoms with van der Waals surface area (Å²) in [5, 5.41) is 27.4. The molecule has 0 aliphatic heterocycles. The van der Waals surface area contributed by atoms with E-state index in [1.54, 1.807) is 0 Å². The van der Waals surface area contributed by atoms with Crippen molar-refractivity contribution >= 4 is 0 Å². The molecule has 0 radical (unpaired) electrons. The van der Waals surface area contributed by atoms with Crippen LogP contribution in [0.4, 0.5) is 0 Å². The van der Waals surface area contributed by atoms with Gasteiger partial charge in [0.05, 0.1) is 0 Å². The highest BCUT2D eigenvalue weighted by Crippen LogP contribution is 2.24. The number of nitrogens with two attached hydrogens (primary N) is 1. The average molecular weight is 466 g/mol. The van der Waals surface area contributed by atoms with Crippen molar-refractivity contribution in [1.82, 2.24) is 20.3 Å². The lowest BCUT2D eigenvalue weighted by molar-refractivity contribution is 0.104. The first-order chi connectivity index (χ1) is 16.4. The molecule has 4 aromatic rings. The van der Waals surface area contributed by atoms with Gasteiger partial charge in [-0.1, -0.05) is 73.9 Å². The molecular weight excluding hydrogens is 434 g/mol. The zero-order chi connectivity index (χ0) is 24.5. The lowest BCUT2D eigenvalue weighted by Gasteiger charge is -2.12. The van der Waals surface area contributed by atoms with Crippen LogP contribution in [0.3, 0.4) is 0 Å². The summed E-state index contributed by atoms with van der Waals surface area (Å²) in [7, 11) is 0. The molecule has 0 fully saturated rings. The summed E-state index contributed by atoms with van der Waals surface area (Å²) < 4.78 is 10.2. The maximum atomic E-state index is 9.96. The highest BCUT2D eigenvalue weighted by atomic mass is 16.5. The Hall–Kier alpha value is -3.40. The molecule has 0 saturated heterocycles. The van der Waals surface area contributed by atoms with E-state index >= 15 is 0 Å². The van der Waals surface area contributed by atoms with E-state index < -0.39 is 12.2 Å². The van der Waals surface area contributed by atoms with Crippen LogP contribution in [0.15, 0.2) is 69.7 Å². The summed E-state index contributed by atoms with van der Waals surface area (Å²) in [5.74, 6) is 1.55. The fourth-order valence-electron chi connectivity index (χ4n) is 3.00. The minimum atomic E-state index is -0.888. The second kappa shape index (κ2) is 12.2. The fraction of sp³-hybridized carbons (Fsp3) is 0.360. The molecule has 0 bridgehead atoms. The molecule has 0 spiro atoms. The Labute approximate surface area is 198 Å². The zero-order valence-corrected chi connectivity index (χ0v) is 19.6. The lowest BCUT2D eigenvalue weighted by atomic mass is 10.0. The van der Waals surface area contributed by atoms with Gasteiger partial charge in [0.25, 0.3) is 11.8 Å². The molecule has 4 rings (SSSR count). The van der Waals surface area contributed by atoms with Gasteiger partial charge in [-0.2, -0.15) is 9.97 Å². The predicted molar refractivity (Wildman–Crippen MR) is 127 cm³/mol. The van der Waals surface area contributed by atoms with Gasteiger partial charge in [-0.3, -0.25) is 0 Å². The van der Waals surface area contributed by atoms with Crippen LogP contribution in [0.25, 0.3) is 22.9 Å². The molecule has 9 nitrogen and oxygen atoms in total. The van der Waals surface area contributed by atoms with Gasteiger partial charge in [-0.25, -0.2) is 0 Å². The van der Waals surface area contributed by atoms with Gasteiger partial charge in [0.1, 0.15) is 12.2 Å². The fourth-order valence-corrected chi connectivity index (χ4v) is 3.00. The summed E-state index contributed by atoms with van der Waals surface area (Å²) in [4.78, 5) is 8.36. The van der Waals surface area contributed by atoms with Crippen LogP contribution < -0.4 is 5.73 Å². The molecule has 0 amide bonds. The molecule has 2 unspecified atom stereocenters. The van der Waals surface area contributed by atoms with E-state index in [1.165, 1.54) is 0 Å². The second-order valence-electron chi connectivity index (χ2n) is 7.99. The minimum absolute atomic E-state index is 0.122. The Morgan fingerprint density at radius 2 is 1.18 bits per heavy atom. The van der Waals surface area contributed by atoms with E-state index in [1.807, 2.05) is 81.4 Å². The van der Waals surface area contributed by atoms with Crippen molar-refractivity contribution in [2.75, 3.05) is 0 Å². The number of rotatable bonds is 8. The van der Waals surface area contributed by atoms with E-state index in [0.717, 1.165) is 17.5 Å². The van der Waals surface area contributed by atoms with E-state index in [2.05, 4.69) is 20.3 Å². The first kappa shape index (κ1) is 25.2. The number of aliphatic hydroxyl groups excluding tert-OH is 2. The van der Waals surface area contributed by atoms with Crippen molar-refractivity contribution in [3.63, 3.8) is 0 Å². The molecule has 0 aliphatic rings. The van der Waals surface area contributed by atoms with Crippen LogP contribution >= 0.6 is 0 Å². The van der Waals surface area contributed by atoms with Crippen molar-refractivity contribution in [3.05, 3.63) is 72.3 Å². The van der Waals surface area contributed by atoms with E-state index in [-0.39, 0.29) is 17.8 Å². The van der Waals surface area contributed by atoms with Gasteiger partial charge in [0.15, 0.2) is 0 Å². The van der Waals surface area contributed by atoms with Crippen molar-refractivity contribution in [1.29, 1.82) is 0 Å². The van der Waals surface area contributed by atoms with Gasteiger partial charge in [0, 0.05) is 17.2 Å². The van der Waals surface area contributed by atoms with Crippen molar-refractivity contribution in [2.45, 2.75) is 51.9 Å². The molecule has 0 aliphatic carbocycles. The average Bonchev–Trinajstić information content (AvgIpc) is 3.59. The lowest BCUT2D eigenvalue weighted by Crippen LogP contribution is -2.28. The van der Waals surface area contributed by atoms with Crippen molar-refractivity contribution in [2.24, 2.45) is 11.7 Å². The van der Waals surface area contributed by atoms with Crippen LogP contribution in [0.2, 0.25) is 0 Å². The number of hydrogen-bond donors (Lipinski definition) is 3. The summed E-state index contributed by atoms with van der Waals surface area (Å²) in [6.45, 7) is 5.88. The Kier molecular flexibility index (Phi) is 9.03. The summed E-state index contributed by atoms with van der Waals surface area (Å²) in [6, 6.07) is 18.6. The number of nitrogens with zero attached hydrogens (tertiary/aromatic N) is 4. The molecule has 2 aromatic heterocycles. The van der Waals surface area contributed by atoms with E-state index in [4.69, 9.17) is 14.8 Å². The number of aliphatic hydroxyl groups is 2. The molecule has 4 atom stereocenters. The Bertz CT molecular complexity index is 1030. The van der Waals surface area contributed by atoms with Crippen molar-refractivity contribution < 1.29 is 19.3 Å². The third kappa shape index (κ3) is 6.34. The SMILES string of the molecule is CC[C@H](C)C(O)c1noc(-c2ccccc2)n1.CC[C@H](N)C(O)c1noc(-c2ccccc2)n1. The molecule has 9 heteroatoms. The van der Waals surface area contributed by atoms with Crippen LogP contribution in [0.5, 0.6) is 0 Å². The van der Waals surface area contributed by atoms with Crippen LogP contribution in [-0.4, -0.2) is 36.5 Å². The van der Waals surface area contributed by atoms with E-state index in [0.29, 0.717) is 24.0 Å². The van der Waals surface area contributed by atoms with Gasteiger partial charge >= 0.3 is 0 Å². The smallest absolute Gasteiger partial charge is 0.258 e. The van der Waals surface area contributed by atoms with Gasteiger partial charge in [-0.15, -0.1) is 0 Å². The molecule has 34 heavy (non-hydrogen) atoms. The normalized spacial score (nSPS) is 14.5. The first-order valence-corrected chi connectivity index (χ1v) is 11.3. The number of aromatic nitrogens is 4. The largest absolute Gasteiger partial charge is 0.385 e. The second-order valence-corrected chi connectivity index (χ2v) is 7.99. The van der Waals surface area contributed by atoms with Gasteiger partial charge in [-0.05, 0) is 36.6 Å². The minimum Gasteiger partial charge on any atom is -0.385 e. The Morgan fingerprint density at radius 3 is 1.59 bits per heavy atom. The monoisotopic (exact) mass is 465 g/mol. The third-order valence-electron chi connectivity index (χ3n) is 5.51. The van der Waals surface area contributed by atoms with Crippen LogP contribution in [0.1, 0.15) is 57.5 Å². The molecule has 0 saturated carbocycles. The predicted octanol–water partition coefficient (Wildman–Crippen LogP) is 4.32. The first-order valence-electron chi connectivity index (χ1n) is 11.3. The quantitative estimate of drug-likeness (QED) is 0.346. The number of hydrogen-bond acceptors (Lipinski definition) is 9. The molecule has 4 N–H and O–H groups in total. The van der Waals surface area contributed by atoms with Crippen molar-refractivity contribution in [3.8, 4) is 22.9 Å².